The summed E-state index contributed by atoms with van der Waals surface area (Å²) in [7, 11) is 0. The van der Waals surface area contributed by atoms with Crippen molar-refractivity contribution in [3.8, 4) is 0 Å². The Hall–Kier alpha value is -0.0400. The van der Waals surface area contributed by atoms with Gasteiger partial charge in [-0.2, -0.15) is 0 Å². The van der Waals surface area contributed by atoms with Gasteiger partial charge in [-0.05, 0) is 43.6 Å². The third-order valence-electron chi connectivity index (χ3n) is 4.42. The number of hydrogen-bond donors (Lipinski definition) is 1. The van der Waals surface area contributed by atoms with Crippen LogP contribution < -0.4 is 5.32 Å². The Morgan fingerprint density at radius 1 is 1.00 bits per heavy atom. The van der Waals surface area contributed by atoms with Gasteiger partial charge in [0, 0.05) is 6.04 Å². The average molecular weight is 195 g/mol. The standard InChI is InChI=1S/C13H25N/c1-13(2)9-6-7-11(13)12-8-4-3-5-10-14-12/h11-12,14H,3-10H2,1-2H3. The van der Waals surface area contributed by atoms with Gasteiger partial charge in [-0.15, -0.1) is 0 Å². The van der Waals surface area contributed by atoms with Crippen molar-refractivity contribution in [2.45, 2.75) is 64.8 Å². The van der Waals surface area contributed by atoms with E-state index in [-0.39, 0.29) is 0 Å². The molecule has 0 bridgehead atoms. The summed E-state index contributed by atoms with van der Waals surface area (Å²) < 4.78 is 0. The second kappa shape index (κ2) is 4.22. The predicted molar refractivity (Wildman–Crippen MR) is 61.4 cm³/mol. The minimum absolute atomic E-state index is 0.599. The number of nitrogens with one attached hydrogen (secondary N) is 1. The van der Waals surface area contributed by atoms with Crippen molar-refractivity contribution in [3.05, 3.63) is 0 Å². The lowest BCUT2D eigenvalue weighted by Crippen LogP contribution is -2.40. The molecule has 1 N–H and O–H groups in total. The van der Waals surface area contributed by atoms with Crippen LogP contribution in [-0.4, -0.2) is 12.6 Å². The molecule has 0 amide bonds. The van der Waals surface area contributed by atoms with Gasteiger partial charge in [-0.3, -0.25) is 0 Å². The van der Waals surface area contributed by atoms with E-state index in [1.807, 2.05) is 0 Å². The predicted octanol–water partition coefficient (Wildman–Crippen LogP) is 3.34. The first-order valence-corrected chi connectivity index (χ1v) is 6.43. The molecule has 1 saturated carbocycles. The summed E-state index contributed by atoms with van der Waals surface area (Å²) in [6.45, 7) is 6.20. The summed E-state index contributed by atoms with van der Waals surface area (Å²) in [6, 6.07) is 0.829. The first kappa shape index (κ1) is 10.5. The molecule has 1 heterocycles. The third kappa shape index (κ3) is 2.13. The van der Waals surface area contributed by atoms with Crippen molar-refractivity contribution in [3.63, 3.8) is 0 Å². The highest BCUT2D eigenvalue weighted by atomic mass is 14.9. The molecule has 0 aromatic rings. The normalized spacial score (nSPS) is 38.1. The van der Waals surface area contributed by atoms with E-state index < -0.39 is 0 Å². The Morgan fingerprint density at radius 3 is 2.57 bits per heavy atom. The van der Waals surface area contributed by atoms with Gasteiger partial charge in [0.05, 0.1) is 0 Å². The molecule has 2 fully saturated rings. The first-order chi connectivity index (χ1) is 6.70. The third-order valence-corrected chi connectivity index (χ3v) is 4.42. The molecular formula is C13H25N. The lowest BCUT2D eigenvalue weighted by molar-refractivity contribution is 0.193. The van der Waals surface area contributed by atoms with Crippen LogP contribution in [0.25, 0.3) is 0 Å². The fourth-order valence-electron chi connectivity index (χ4n) is 3.50. The topological polar surface area (TPSA) is 12.0 Å². The van der Waals surface area contributed by atoms with Gasteiger partial charge in [-0.25, -0.2) is 0 Å². The highest BCUT2D eigenvalue weighted by Gasteiger charge is 2.39. The summed E-state index contributed by atoms with van der Waals surface area (Å²) >= 11 is 0. The van der Waals surface area contributed by atoms with Crippen LogP contribution in [0.15, 0.2) is 0 Å². The van der Waals surface area contributed by atoms with E-state index in [1.165, 1.54) is 51.5 Å². The summed E-state index contributed by atoms with van der Waals surface area (Å²) in [5.41, 5.74) is 0.599. The molecule has 14 heavy (non-hydrogen) atoms. The second-order valence-electron chi connectivity index (χ2n) is 5.90. The molecule has 0 aromatic carbocycles. The van der Waals surface area contributed by atoms with Crippen LogP contribution in [-0.2, 0) is 0 Å². The maximum Gasteiger partial charge on any atom is 0.0100 e. The molecule has 0 radical (unpaired) electrons. The average Bonchev–Trinajstić information content (AvgIpc) is 2.41. The highest BCUT2D eigenvalue weighted by molar-refractivity contribution is 4.92. The second-order valence-corrected chi connectivity index (χ2v) is 5.90. The van der Waals surface area contributed by atoms with E-state index in [4.69, 9.17) is 0 Å². The van der Waals surface area contributed by atoms with Gasteiger partial charge in [0.25, 0.3) is 0 Å². The molecule has 1 heteroatoms. The molecule has 1 nitrogen and oxygen atoms in total. The van der Waals surface area contributed by atoms with Crippen LogP contribution >= 0.6 is 0 Å². The summed E-state index contributed by atoms with van der Waals surface area (Å²) in [6.07, 6.45) is 10.1. The minimum atomic E-state index is 0.599. The van der Waals surface area contributed by atoms with E-state index in [0.29, 0.717) is 5.41 Å². The molecule has 1 aliphatic carbocycles. The fraction of sp³-hybridized carbons (Fsp3) is 1.00. The molecule has 82 valence electrons. The van der Waals surface area contributed by atoms with Gasteiger partial charge >= 0.3 is 0 Å². The minimum Gasteiger partial charge on any atom is -0.314 e. The van der Waals surface area contributed by atoms with Crippen molar-refractivity contribution in [2.75, 3.05) is 6.54 Å². The van der Waals surface area contributed by atoms with Crippen molar-refractivity contribution in [1.82, 2.24) is 5.32 Å². The monoisotopic (exact) mass is 195 g/mol. The SMILES string of the molecule is CC1(C)CCCC1C1CCCCCN1. The zero-order valence-corrected chi connectivity index (χ0v) is 9.81. The maximum absolute atomic E-state index is 3.78. The van der Waals surface area contributed by atoms with Crippen LogP contribution in [0.3, 0.4) is 0 Å². The Bertz CT molecular complexity index is 178. The molecule has 2 unspecified atom stereocenters. The van der Waals surface area contributed by atoms with Crippen molar-refractivity contribution in [2.24, 2.45) is 11.3 Å². The first-order valence-electron chi connectivity index (χ1n) is 6.43. The highest BCUT2D eigenvalue weighted by Crippen LogP contribution is 2.45. The van der Waals surface area contributed by atoms with Crippen LogP contribution in [0.2, 0.25) is 0 Å². The number of hydrogen-bond acceptors (Lipinski definition) is 1. The Balaban J connectivity index is 1.98. The van der Waals surface area contributed by atoms with Crippen molar-refractivity contribution in [1.29, 1.82) is 0 Å². The molecule has 2 rings (SSSR count). The molecule has 0 aromatic heterocycles. The molecule has 1 saturated heterocycles. The zero-order chi connectivity index (χ0) is 10.0. The van der Waals surface area contributed by atoms with Gasteiger partial charge in [-0.1, -0.05) is 33.1 Å². The Labute approximate surface area is 88.7 Å². The smallest absolute Gasteiger partial charge is 0.0100 e. The van der Waals surface area contributed by atoms with Gasteiger partial charge in [0.15, 0.2) is 0 Å². The van der Waals surface area contributed by atoms with E-state index >= 15 is 0 Å². The molecule has 1 aliphatic heterocycles. The lowest BCUT2D eigenvalue weighted by atomic mass is 9.76. The molecule has 2 atom stereocenters. The largest absolute Gasteiger partial charge is 0.314 e. The summed E-state index contributed by atoms with van der Waals surface area (Å²) in [5, 5.41) is 3.78. The van der Waals surface area contributed by atoms with Crippen LogP contribution in [0.4, 0.5) is 0 Å². The van der Waals surface area contributed by atoms with Crippen LogP contribution in [0.5, 0.6) is 0 Å². The molecule has 2 aliphatic rings. The lowest BCUT2D eigenvalue weighted by Gasteiger charge is -2.34. The van der Waals surface area contributed by atoms with E-state index in [0.717, 1.165) is 12.0 Å². The number of rotatable bonds is 1. The van der Waals surface area contributed by atoms with Crippen molar-refractivity contribution < 1.29 is 0 Å². The Morgan fingerprint density at radius 2 is 1.86 bits per heavy atom. The van der Waals surface area contributed by atoms with E-state index in [9.17, 15) is 0 Å². The van der Waals surface area contributed by atoms with Crippen molar-refractivity contribution >= 4 is 0 Å². The maximum atomic E-state index is 3.78. The van der Waals surface area contributed by atoms with E-state index in [1.54, 1.807) is 0 Å². The summed E-state index contributed by atoms with van der Waals surface area (Å²) in [4.78, 5) is 0. The quantitative estimate of drug-likeness (QED) is 0.676. The van der Waals surface area contributed by atoms with Gasteiger partial charge in [0.2, 0.25) is 0 Å². The molecular weight excluding hydrogens is 170 g/mol. The van der Waals surface area contributed by atoms with E-state index in [2.05, 4.69) is 19.2 Å². The van der Waals surface area contributed by atoms with Gasteiger partial charge in [0.1, 0.15) is 0 Å². The van der Waals surface area contributed by atoms with Gasteiger partial charge < -0.3 is 5.32 Å². The molecule has 0 spiro atoms. The van der Waals surface area contributed by atoms with Crippen LogP contribution in [0, 0.1) is 11.3 Å². The zero-order valence-electron chi connectivity index (χ0n) is 9.81. The summed E-state index contributed by atoms with van der Waals surface area (Å²) in [5.74, 6) is 0.945. The fourth-order valence-corrected chi connectivity index (χ4v) is 3.50. The Kier molecular flexibility index (Phi) is 3.16. The van der Waals surface area contributed by atoms with Crippen LogP contribution in [0.1, 0.15) is 58.8 Å².